The molecule has 7 atom stereocenters. The number of fused-ring (bicyclic) bond motifs is 3. The van der Waals surface area contributed by atoms with E-state index in [-0.39, 0.29) is 34.7 Å². The third-order valence-corrected chi connectivity index (χ3v) is 8.43. The van der Waals surface area contributed by atoms with E-state index in [4.69, 9.17) is 0 Å². The molecule has 4 aliphatic rings. The van der Waals surface area contributed by atoms with Gasteiger partial charge in [-0.1, -0.05) is 27.4 Å². The van der Waals surface area contributed by atoms with Crippen LogP contribution in [0.5, 0.6) is 0 Å². The molecule has 24 heavy (non-hydrogen) atoms. The van der Waals surface area contributed by atoms with Gasteiger partial charge in [0.2, 0.25) is 0 Å². The van der Waals surface area contributed by atoms with Crippen LogP contribution in [0.15, 0.2) is 12.2 Å². The van der Waals surface area contributed by atoms with Gasteiger partial charge in [-0.2, -0.15) is 0 Å². The van der Waals surface area contributed by atoms with Gasteiger partial charge in [-0.3, -0.25) is 9.59 Å². The molecule has 0 aromatic rings. The largest absolute Gasteiger partial charge is 0.392 e. The molecule has 4 nitrogen and oxygen atoms in total. The Morgan fingerprint density at radius 1 is 1.08 bits per heavy atom. The first-order valence-corrected chi connectivity index (χ1v) is 9.22. The van der Waals surface area contributed by atoms with Crippen molar-refractivity contribution in [3.8, 4) is 0 Å². The number of aliphatic hydroxyl groups is 2. The molecule has 4 heteroatoms. The van der Waals surface area contributed by atoms with Gasteiger partial charge in [-0.25, -0.2) is 0 Å². The molecule has 132 valence electrons. The molecule has 4 aliphatic carbocycles. The average Bonchev–Trinajstić information content (AvgIpc) is 2.64. The minimum absolute atomic E-state index is 0.0438. The number of hydrogen-bond acceptors (Lipinski definition) is 4. The van der Waals surface area contributed by atoms with Crippen LogP contribution in [0.25, 0.3) is 0 Å². The van der Waals surface area contributed by atoms with E-state index in [9.17, 15) is 19.8 Å². The second-order valence-electron chi connectivity index (χ2n) is 9.42. The van der Waals surface area contributed by atoms with Crippen molar-refractivity contribution in [1.29, 1.82) is 0 Å². The molecule has 0 radical (unpaired) electrons. The zero-order chi connectivity index (χ0) is 17.7. The first kappa shape index (κ1) is 16.5. The lowest BCUT2D eigenvalue weighted by molar-refractivity contribution is -0.222. The second kappa shape index (κ2) is 4.59. The Labute approximate surface area is 143 Å². The smallest absolute Gasteiger partial charge is 0.170 e. The lowest BCUT2D eigenvalue weighted by Crippen LogP contribution is -2.67. The van der Waals surface area contributed by atoms with Gasteiger partial charge in [0.15, 0.2) is 5.78 Å². The molecule has 4 fully saturated rings. The standard InChI is InChI=1S/C20H28O4/c1-10-11-5-6-12-19(4)8-7-14(21)18(2,3)13(19)9-15(22)20(12,16(10)23)17(11)24/h11-13,15,17,22,24H,1,5-9H2,2-4H3/t11-,12?,13+,15+,17+,19?,20-/m0/s1. The van der Waals surface area contributed by atoms with Crippen LogP contribution in [0.2, 0.25) is 0 Å². The highest BCUT2D eigenvalue weighted by Crippen LogP contribution is 2.70. The summed E-state index contributed by atoms with van der Waals surface area (Å²) in [7, 11) is 0. The molecule has 4 rings (SSSR count). The number of ketones is 2. The molecule has 2 unspecified atom stereocenters. The van der Waals surface area contributed by atoms with Crippen molar-refractivity contribution in [1.82, 2.24) is 0 Å². The minimum Gasteiger partial charge on any atom is -0.392 e. The number of carbonyl (C=O) groups is 2. The molecule has 2 bridgehead atoms. The lowest BCUT2D eigenvalue weighted by atomic mass is 9.39. The number of rotatable bonds is 0. The number of carbonyl (C=O) groups excluding carboxylic acids is 2. The van der Waals surface area contributed by atoms with Gasteiger partial charge < -0.3 is 10.2 Å². The first-order chi connectivity index (χ1) is 11.1. The zero-order valence-electron chi connectivity index (χ0n) is 14.8. The molecule has 0 aliphatic heterocycles. The van der Waals surface area contributed by atoms with Crippen LogP contribution in [0.3, 0.4) is 0 Å². The Kier molecular flexibility index (Phi) is 3.15. The predicted octanol–water partition coefficient (Wildman–Crippen LogP) is 2.28. The molecule has 0 saturated heterocycles. The monoisotopic (exact) mass is 332 g/mol. The summed E-state index contributed by atoms with van der Waals surface area (Å²) in [6.45, 7) is 10.1. The van der Waals surface area contributed by atoms with Gasteiger partial charge in [0.1, 0.15) is 5.78 Å². The van der Waals surface area contributed by atoms with Crippen molar-refractivity contribution in [2.24, 2.45) is 34.0 Å². The van der Waals surface area contributed by atoms with Crippen LogP contribution in [0, 0.1) is 34.0 Å². The van der Waals surface area contributed by atoms with Gasteiger partial charge in [-0.05, 0) is 48.5 Å². The summed E-state index contributed by atoms with van der Waals surface area (Å²) in [5.74, 6) is -0.109. The summed E-state index contributed by atoms with van der Waals surface area (Å²) in [5, 5.41) is 22.1. The summed E-state index contributed by atoms with van der Waals surface area (Å²) in [6, 6.07) is 0. The van der Waals surface area contributed by atoms with Crippen molar-refractivity contribution in [3.05, 3.63) is 12.2 Å². The van der Waals surface area contributed by atoms with Crippen molar-refractivity contribution >= 4 is 11.6 Å². The van der Waals surface area contributed by atoms with Crippen molar-refractivity contribution < 1.29 is 19.8 Å². The maximum Gasteiger partial charge on any atom is 0.170 e. The van der Waals surface area contributed by atoms with Crippen molar-refractivity contribution in [2.45, 2.75) is 65.1 Å². The quantitative estimate of drug-likeness (QED) is 0.667. The maximum absolute atomic E-state index is 13.1. The van der Waals surface area contributed by atoms with E-state index < -0.39 is 23.0 Å². The predicted molar refractivity (Wildman–Crippen MR) is 89.0 cm³/mol. The maximum atomic E-state index is 13.1. The van der Waals surface area contributed by atoms with Crippen molar-refractivity contribution in [2.75, 3.05) is 0 Å². The molecular formula is C20H28O4. The highest BCUT2D eigenvalue weighted by molar-refractivity contribution is 6.04. The number of aliphatic hydroxyl groups excluding tert-OH is 2. The second-order valence-corrected chi connectivity index (χ2v) is 9.42. The van der Waals surface area contributed by atoms with Gasteiger partial charge in [-0.15, -0.1) is 0 Å². The Morgan fingerprint density at radius 3 is 2.42 bits per heavy atom. The van der Waals surface area contributed by atoms with Crippen LogP contribution in [0.1, 0.15) is 52.9 Å². The summed E-state index contributed by atoms with van der Waals surface area (Å²) < 4.78 is 0. The molecule has 2 N–H and O–H groups in total. The Morgan fingerprint density at radius 2 is 1.75 bits per heavy atom. The number of Topliss-reactive ketones (excluding diaryl/α,β-unsaturated/α-hetero) is 2. The molecule has 4 saturated carbocycles. The lowest BCUT2D eigenvalue weighted by Gasteiger charge is -2.64. The van der Waals surface area contributed by atoms with Crippen LogP contribution in [-0.2, 0) is 9.59 Å². The van der Waals surface area contributed by atoms with E-state index in [1.807, 2.05) is 13.8 Å². The molecule has 0 aromatic carbocycles. The SMILES string of the molecule is C=C1C(=O)[C@@]23C(CC[C@@H]1[C@H]2O)C1(C)CCC(=O)C(C)(C)[C@H]1C[C@H]3O. The fraction of sp³-hybridized carbons (Fsp3) is 0.800. The summed E-state index contributed by atoms with van der Waals surface area (Å²) in [4.78, 5) is 25.6. The topological polar surface area (TPSA) is 74.6 Å². The van der Waals surface area contributed by atoms with E-state index in [2.05, 4.69) is 13.5 Å². The van der Waals surface area contributed by atoms with Gasteiger partial charge >= 0.3 is 0 Å². The van der Waals surface area contributed by atoms with Crippen LogP contribution in [0.4, 0.5) is 0 Å². The summed E-state index contributed by atoms with van der Waals surface area (Å²) >= 11 is 0. The van der Waals surface area contributed by atoms with Crippen LogP contribution >= 0.6 is 0 Å². The van der Waals surface area contributed by atoms with Gasteiger partial charge in [0.25, 0.3) is 0 Å². The Bertz CT molecular complexity index is 650. The Balaban J connectivity index is 1.88. The minimum atomic E-state index is -1.10. The highest BCUT2D eigenvalue weighted by Gasteiger charge is 2.74. The first-order valence-electron chi connectivity index (χ1n) is 9.22. The fourth-order valence-electron chi connectivity index (χ4n) is 7.14. The molecule has 0 heterocycles. The zero-order valence-corrected chi connectivity index (χ0v) is 14.8. The molecule has 0 amide bonds. The molecular weight excluding hydrogens is 304 g/mol. The third-order valence-electron chi connectivity index (χ3n) is 8.43. The number of hydrogen-bond donors (Lipinski definition) is 2. The van der Waals surface area contributed by atoms with E-state index in [1.54, 1.807) is 0 Å². The Hall–Kier alpha value is -1.00. The van der Waals surface area contributed by atoms with Gasteiger partial charge in [0.05, 0.1) is 17.6 Å². The van der Waals surface area contributed by atoms with Crippen molar-refractivity contribution in [3.63, 3.8) is 0 Å². The normalized spacial score (nSPS) is 52.9. The third kappa shape index (κ3) is 1.53. The average molecular weight is 332 g/mol. The van der Waals surface area contributed by atoms with E-state index >= 15 is 0 Å². The summed E-state index contributed by atoms with van der Waals surface area (Å²) in [6.07, 6.45) is 1.53. The highest BCUT2D eigenvalue weighted by atomic mass is 16.3. The molecule has 1 spiro atoms. The van der Waals surface area contributed by atoms with E-state index in [0.717, 1.165) is 19.3 Å². The van der Waals surface area contributed by atoms with E-state index in [0.29, 0.717) is 18.4 Å². The van der Waals surface area contributed by atoms with Crippen LogP contribution in [-0.4, -0.2) is 34.0 Å². The summed E-state index contributed by atoms with van der Waals surface area (Å²) in [5.41, 5.74) is -1.29. The van der Waals surface area contributed by atoms with E-state index in [1.165, 1.54) is 0 Å². The van der Waals surface area contributed by atoms with Crippen LogP contribution < -0.4 is 0 Å². The van der Waals surface area contributed by atoms with Gasteiger partial charge in [0, 0.05) is 17.8 Å². The molecule has 0 aromatic heterocycles. The fourth-order valence-corrected chi connectivity index (χ4v) is 7.14.